The molecule has 1 aromatic rings. The molecule has 17 heavy (non-hydrogen) atoms. The van der Waals surface area contributed by atoms with Gasteiger partial charge >= 0.3 is 0 Å². The van der Waals surface area contributed by atoms with Gasteiger partial charge in [0.2, 0.25) is 5.95 Å². The fraction of sp³-hybridized carbons (Fsp3) is 0.667. The third kappa shape index (κ3) is 2.92. The molecule has 94 valence electrons. The van der Waals surface area contributed by atoms with Crippen molar-refractivity contribution in [3.8, 4) is 0 Å². The lowest BCUT2D eigenvalue weighted by atomic mass is 10.2. The molecule has 5 nitrogen and oxygen atoms in total. The van der Waals surface area contributed by atoms with Crippen molar-refractivity contribution in [3.05, 3.63) is 17.5 Å². The van der Waals surface area contributed by atoms with Crippen LogP contribution < -0.4 is 10.6 Å². The first-order valence-corrected chi connectivity index (χ1v) is 6.14. The van der Waals surface area contributed by atoms with E-state index in [0.29, 0.717) is 6.54 Å². The number of ether oxygens (including phenoxy) is 1. The topological polar surface area (TPSA) is 64.3 Å². The summed E-state index contributed by atoms with van der Waals surface area (Å²) in [5, 5.41) is 0. The van der Waals surface area contributed by atoms with Crippen LogP contribution in [-0.4, -0.2) is 35.8 Å². The molecule has 1 atom stereocenters. The second kappa shape index (κ2) is 5.42. The lowest BCUT2D eigenvalue weighted by Crippen LogP contribution is -2.43. The van der Waals surface area contributed by atoms with Crippen LogP contribution in [0.1, 0.15) is 24.7 Å². The lowest BCUT2D eigenvalue weighted by molar-refractivity contribution is 0.0378. The van der Waals surface area contributed by atoms with Gasteiger partial charge in [-0.3, -0.25) is 0 Å². The van der Waals surface area contributed by atoms with Crippen LogP contribution in [0.15, 0.2) is 6.07 Å². The van der Waals surface area contributed by atoms with Gasteiger partial charge in [-0.15, -0.1) is 0 Å². The second-order valence-electron chi connectivity index (χ2n) is 4.35. The Bertz CT molecular complexity index is 383. The molecule has 1 aromatic heterocycles. The van der Waals surface area contributed by atoms with Gasteiger partial charge in [0.05, 0.1) is 18.4 Å². The summed E-state index contributed by atoms with van der Waals surface area (Å²) in [5.41, 5.74) is 7.50. The molecule has 5 heteroatoms. The van der Waals surface area contributed by atoms with Crippen molar-refractivity contribution in [2.24, 2.45) is 5.73 Å². The molecule has 1 unspecified atom stereocenters. The van der Waals surface area contributed by atoms with Crippen molar-refractivity contribution < 1.29 is 4.74 Å². The van der Waals surface area contributed by atoms with E-state index in [2.05, 4.69) is 21.8 Å². The molecular weight excluding hydrogens is 216 g/mol. The number of hydrogen-bond donors (Lipinski definition) is 1. The number of rotatable bonds is 3. The Morgan fingerprint density at radius 2 is 2.35 bits per heavy atom. The molecule has 1 aliphatic rings. The first-order valence-electron chi connectivity index (χ1n) is 6.14. The van der Waals surface area contributed by atoms with Crippen LogP contribution in [0.25, 0.3) is 0 Å². The van der Waals surface area contributed by atoms with Crippen LogP contribution in [-0.2, 0) is 11.3 Å². The SMILES string of the molecule is CCC1CN(c2nc(C)cc(CN)n2)CCO1. The van der Waals surface area contributed by atoms with Gasteiger partial charge in [-0.25, -0.2) is 9.97 Å². The zero-order valence-electron chi connectivity index (χ0n) is 10.5. The minimum absolute atomic E-state index is 0.286. The van der Waals surface area contributed by atoms with Crippen LogP contribution in [0, 0.1) is 6.92 Å². The summed E-state index contributed by atoms with van der Waals surface area (Å²) in [7, 11) is 0. The molecule has 0 spiro atoms. The molecular formula is C12H20N4O. The maximum Gasteiger partial charge on any atom is 0.225 e. The Balaban J connectivity index is 2.18. The Hall–Kier alpha value is -1.20. The van der Waals surface area contributed by atoms with E-state index in [0.717, 1.165) is 43.5 Å². The van der Waals surface area contributed by atoms with Gasteiger partial charge in [-0.05, 0) is 19.4 Å². The summed E-state index contributed by atoms with van der Waals surface area (Å²) < 4.78 is 5.64. The maximum atomic E-state index is 5.64. The third-order valence-corrected chi connectivity index (χ3v) is 2.98. The van der Waals surface area contributed by atoms with Crippen molar-refractivity contribution in [2.75, 3.05) is 24.6 Å². The Morgan fingerprint density at radius 3 is 3.06 bits per heavy atom. The summed E-state index contributed by atoms with van der Waals surface area (Å²) in [6.07, 6.45) is 1.31. The number of anilines is 1. The zero-order chi connectivity index (χ0) is 12.3. The van der Waals surface area contributed by atoms with Gasteiger partial charge in [-0.2, -0.15) is 0 Å². The van der Waals surface area contributed by atoms with Crippen LogP contribution >= 0.6 is 0 Å². The van der Waals surface area contributed by atoms with E-state index in [4.69, 9.17) is 10.5 Å². The summed E-state index contributed by atoms with van der Waals surface area (Å²) in [5.74, 6) is 0.784. The van der Waals surface area contributed by atoms with E-state index in [-0.39, 0.29) is 6.10 Å². The molecule has 1 aliphatic heterocycles. The highest BCUT2D eigenvalue weighted by molar-refractivity contribution is 5.33. The van der Waals surface area contributed by atoms with Gasteiger partial charge in [0.1, 0.15) is 0 Å². The molecule has 0 amide bonds. The molecule has 0 radical (unpaired) electrons. The van der Waals surface area contributed by atoms with Crippen LogP contribution in [0.5, 0.6) is 0 Å². The normalized spacial score (nSPS) is 20.6. The standard InChI is InChI=1S/C12H20N4O/c1-3-11-8-16(4-5-17-11)12-14-9(2)6-10(7-13)15-12/h6,11H,3-5,7-8,13H2,1-2H3. The summed E-state index contributed by atoms with van der Waals surface area (Å²) in [4.78, 5) is 11.1. The van der Waals surface area contributed by atoms with Crippen LogP contribution in [0.2, 0.25) is 0 Å². The summed E-state index contributed by atoms with van der Waals surface area (Å²) in [6, 6.07) is 1.93. The number of morpholine rings is 1. The Morgan fingerprint density at radius 1 is 1.53 bits per heavy atom. The van der Waals surface area contributed by atoms with Crippen LogP contribution in [0.3, 0.4) is 0 Å². The predicted molar refractivity (Wildman–Crippen MR) is 66.9 cm³/mol. The number of aryl methyl sites for hydroxylation is 1. The van der Waals surface area contributed by atoms with Crippen molar-refractivity contribution in [1.82, 2.24) is 9.97 Å². The zero-order valence-corrected chi connectivity index (χ0v) is 10.5. The second-order valence-corrected chi connectivity index (χ2v) is 4.35. The molecule has 1 saturated heterocycles. The molecule has 2 N–H and O–H groups in total. The smallest absolute Gasteiger partial charge is 0.225 e. The highest BCUT2D eigenvalue weighted by Gasteiger charge is 2.21. The van der Waals surface area contributed by atoms with E-state index in [9.17, 15) is 0 Å². The summed E-state index contributed by atoms with van der Waals surface area (Å²) >= 11 is 0. The number of nitrogens with zero attached hydrogens (tertiary/aromatic N) is 3. The van der Waals surface area contributed by atoms with Crippen molar-refractivity contribution in [3.63, 3.8) is 0 Å². The van der Waals surface area contributed by atoms with Crippen molar-refractivity contribution >= 4 is 5.95 Å². The number of hydrogen-bond acceptors (Lipinski definition) is 5. The fourth-order valence-electron chi connectivity index (χ4n) is 2.01. The summed E-state index contributed by atoms with van der Waals surface area (Å²) in [6.45, 7) is 7.03. The van der Waals surface area contributed by atoms with Gasteiger partial charge in [0.15, 0.2) is 0 Å². The highest BCUT2D eigenvalue weighted by atomic mass is 16.5. The first-order chi connectivity index (χ1) is 8.22. The first kappa shape index (κ1) is 12.3. The van der Waals surface area contributed by atoms with Crippen molar-refractivity contribution in [1.29, 1.82) is 0 Å². The van der Waals surface area contributed by atoms with E-state index >= 15 is 0 Å². The van der Waals surface area contributed by atoms with Crippen LogP contribution in [0.4, 0.5) is 5.95 Å². The largest absolute Gasteiger partial charge is 0.375 e. The molecule has 0 bridgehead atoms. The lowest BCUT2D eigenvalue weighted by Gasteiger charge is -2.32. The van der Waals surface area contributed by atoms with E-state index in [1.807, 2.05) is 13.0 Å². The molecule has 0 aromatic carbocycles. The molecule has 0 aliphatic carbocycles. The molecule has 1 fully saturated rings. The van der Waals surface area contributed by atoms with E-state index in [1.54, 1.807) is 0 Å². The quantitative estimate of drug-likeness (QED) is 0.843. The number of nitrogens with two attached hydrogens (primary N) is 1. The van der Waals surface area contributed by atoms with Gasteiger partial charge in [-0.1, -0.05) is 6.92 Å². The fourth-order valence-corrected chi connectivity index (χ4v) is 2.01. The Labute approximate surface area is 102 Å². The average molecular weight is 236 g/mol. The maximum absolute atomic E-state index is 5.64. The molecule has 0 saturated carbocycles. The third-order valence-electron chi connectivity index (χ3n) is 2.98. The molecule has 2 rings (SSSR count). The van der Waals surface area contributed by atoms with E-state index in [1.165, 1.54) is 0 Å². The van der Waals surface area contributed by atoms with E-state index < -0.39 is 0 Å². The van der Waals surface area contributed by atoms with Gasteiger partial charge in [0.25, 0.3) is 0 Å². The highest BCUT2D eigenvalue weighted by Crippen LogP contribution is 2.15. The molecule has 2 heterocycles. The monoisotopic (exact) mass is 236 g/mol. The minimum atomic E-state index is 0.286. The minimum Gasteiger partial charge on any atom is -0.375 e. The van der Waals surface area contributed by atoms with Gasteiger partial charge in [0, 0.05) is 25.3 Å². The van der Waals surface area contributed by atoms with Crippen molar-refractivity contribution in [2.45, 2.75) is 32.9 Å². The average Bonchev–Trinajstić information content (AvgIpc) is 2.38. The predicted octanol–water partition coefficient (Wildman–Crippen LogP) is 0.859. The van der Waals surface area contributed by atoms with Gasteiger partial charge < -0.3 is 15.4 Å². The Kier molecular flexibility index (Phi) is 3.91. The number of aromatic nitrogens is 2.